The number of hydrogen-bond donors (Lipinski definition) is 0. The zero-order valence-corrected chi connectivity index (χ0v) is 18.8. The molecule has 5 heteroatoms. The highest BCUT2D eigenvalue weighted by Gasteiger charge is 2.11. The fourth-order valence-corrected chi connectivity index (χ4v) is 4.37. The van der Waals surface area contributed by atoms with E-state index in [0.717, 1.165) is 22.3 Å². The normalized spacial score (nSPS) is 11.8. The third-order valence-corrected chi connectivity index (χ3v) is 6.43. The number of halogens is 2. The van der Waals surface area contributed by atoms with Gasteiger partial charge in [0.05, 0.1) is 15.7 Å². The molecule has 0 spiro atoms. The first-order chi connectivity index (χ1) is 16.2. The summed E-state index contributed by atoms with van der Waals surface area (Å²) in [4.78, 5) is 9.42. The number of benzene rings is 5. The van der Waals surface area contributed by atoms with Gasteiger partial charge in [-0.15, -0.1) is 0 Å². The molecule has 33 heavy (non-hydrogen) atoms. The van der Waals surface area contributed by atoms with E-state index < -0.39 is 0 Å². The van der Waals surface area contributed by atoms with Crippen LogP contribution in [-0.2, 0) is 0 Å². The average molecular weight is 467 g/mol. The van der Waals surface area contributed by atoms with Crippen LogP contribution in [0.1, 0.15) is 5.56 Å². The zero-order chi connectivity index (χ0) is 22.4. The van der Waals surface area contributed by atoms with E-state index in [-0.39, 0.29) is 0 Å². The van der Waals surface area contributed by atoms with Gasteiger partial charge in [-0.05, 0) is 64.0 Å². The van der Waals surface area contributed by atoms with Crippen LogP contribution in [0.2, 0.25) is 10.0 Å². The van der Waals surface area contributed by atoms with Gasteiger partial charge in [0, 0.05) is 17.3 Å². The van der Waals surface area contributed by atoms with Gasteiger partial charge in [-0.1, -0.05) is 71.7 Å². The van der Waals surface area contributed by atoms with Crippen LogP contribution in [-0.4, -0.2) is 11.2 Å². The molecule has 1 heterocycles. The first-order valence-corrected chi connectivity index (χ1v) is 11.2. The lowest BCUT2D eigenvalue weighted by atomic mass is 9.97. The Balaban J connectivity index is 1.42. The molecule has 0 aliphatic carbocycles. The SMILES string of the molecule is Clc1ccc(-c2nc3cc(N=Cc4c5ccccc5cc5ccccc45)ccc3o2)cc1Cl. The molecule has 0 radical (unpaired) electrons. The van der Waals surface area contributed by atoms with Crippen LogP contribution in [0.5, 0.6) is 0 Å². The van der Waals surface area contributed by atoms with Crippen molar-refractivity contribution in [3.8, 4) is 11.5 Å². The van der Waals surface area contributed by atoms with Crippen LogP contribution in [0.25, 0.3) is 44.1 Å². The molecule has 5 aromatic carbocycles. The number of rotatable bonds is 3. The minimum Gasteiger partial charge on any atom is -0.436 e. The molecule has 0 N–H and O–H groups in total. The van der Waals surface area contributed by atoms with Crippen LogP contribution < -0.4 is 0 Å². The molecule has 158 valence electrons. The summed E-state index contributed by atoms with van der Waals surface area (Å²) < 4.78 is 5.92. The maximum atomic E-state index is 6.15. The molecular weight excluding hydrogens is 451 g/mol. The van der Waals surface area contributed by atoms with E-state index in [2.05, 4.69) is 59.6 Å². The molecule has 3 nitrogen and oxygen atoms in total. The van der Waals surface area contributed by atoms with Crippen molar-refractivity contribution >= 4 is 67.7 Å². The Morgan fingerprint density at radius 3 is 2.18 bits per heavy atom. The van der Waals surface area contributed by atoms with Crippen molar-refractivity contribution in [2.45, 2.75) is 0 Å². The predicted molar refractivity (Wildman–Crippen MR) is 138 cm³/mol. The minimum absolute atomic E-state index is 0.462. The van der Waals surface area contributed by atoms with Crippen LogP contribution in [0.15, 0.2) is 100 Å². The number of fused-ring (bicyclic) bond motifs is 3. The van der Waals surface area contributed by atoms with Gasteiger partial charge in [0.2, 0.25) is 5.89 Å². The second-order valence-electron chi connectivity index (χ2n) is 7.79. The number of oxazole rings is 1. The van der Waals surface area contributed by atoms with Gasteiger partial charge in [0.25, 0.3) is 0 Å². The number of nitrogens with zero attached hydrogens (tertiary/aromatic N) is 2. The molecule has 0 saturated heterocycles. The molecule has 0 fully saturated rings. The second kappa shape index (κ2) is 8.04. The summed E-state index contributed by atoms with van der Waals surface area (Å²) in [7, 11) is 0. The Morgan fingerprint density at radius 1 is 0.727 bits per heavy atom. The summed E-state index contributed by atoms with van der Waals surface area (Å²) in [6, 6.07) is 30.0. The van der Waals surface area contributed by atoms with Crippen LogP contribution in [0.3, 0.4) is 0 Å². The van der Waals surface area contributed by atoms with E-state index in [9.17, 15) is 0 Å². The Bertz CT molecular complexity index is 1650. The van der Waals surface area contributed by atoms with E-state index in [0.29, 0.717) is 21.5 Å². The highest BCUT2D eigenvalue weighted by atomic mass is 35.5. The highest BCUT2D eigenvalue weighted by molar-refractivity contribution is 6.42. The average Bonchev–Trinajstić information content (AvgIpc) is 3.27. The molecule has 0 unspecified atom stereocenters. The highest BCUT2D eigenvalue weighted by Crippen LogP contribution is 2.32. The molecule has 6 aromatic rings. The fraction of sp³-hybridized carbons (Fsp3) is 0. The minimum atomic E-state index is 0.462. The smallest absolute Gasteiger partial charge is 0.227 e. The maximum absolute atomic E-state index is 6.15. The third-order valence-electron chi connectivity index (χ3n) is 5.69. The largest absolute Gasteiger partial charge is 0.436 e. The molecule has 0 saturated carbocycles. The number of hydrogen-bond acceptors (Lipinski definition) is 3. The quantitative estimate of drug-likeness (QED) is 0.193. The standard InChI is InChI=1S/C28H16Cl2N2O/c29-24-11-9-19(14-25(24)30)28-32-26-15-20(10-12-27(26)33-28)31-16-23-21-7-3-1-5-17(21)13-18-6-2-4-8-22(18)23/h1-16H. The summed E-state index contributed by atoms with van der Waals surface area (Å²) >= 11 is 12.2. The summed E-state index contributed by atoms with van der Waals surface area (Å²) in [5.41, 5.74) is 4.08. The van der Waals surface area contributed by atoms with Gasteiger partial charge in [-0.25, -0.2) is 4.98 Å². The number of aromatic nitrogens is 1. The molecule has 6 rings (SSSR count). The predicted octanol–water partition coefficient (Wildman–Crippen LogP) is 8.86. The Morgan fingerprint density at radius 2 is 1.45 bits per heavy atom. The van der Waals surface area contributed by atoms with Crippen molar-refractivity contribution in [2.75, 3.05) is 0 Å². The molecule has 0 atom stereocenters. The molecule has 0 aliphatic heterocycles. The van der Waals surface area contributed by atoms with E-state index in [1.807, 2.05) is 30.5 Å². The van der Waals surface area contributed by atoms with E-state index >= 15 is 0 Å². The lowest BCUT2D eigenvalue weighted by molar-refractivity contribution is 0.620. The molecular formula is C28H16Cl2N2O. The first-order valence-electron chi connectivity index (χ1n) is 10.5. The topological polar surface area (TPSA) is 38.4 Å². The zero-order valence-electron chi connectivity index (χ0n) is 17.3. The van der Waals surface area contributed by atoms with Crippen molar-refractivity contribution < 1.29 is 4.42 Å². The second-order valence-corrected chi connectivity index (χ2v) is 8.61. The van der Waals surface area contributed by atoms with Gasteiger partial charge in [0.15, 0.2) is 5.58 Å². The van der Waals surface area contributed by atoms with Crippen molar-refractivity contribution in [1.82, 2.24) is 4.98 Å². The van der Waals surface area contributed by atoms with Gasteiger partial charge in [-0.2, -0.15) is 0 Å². The van der Waals surface area contributed by atoms with Crippen LogP contribution >= 0.6 is 23.2 Å². The lowest BCUT2D eigenvalue weighted by Crippen LogP contribution is -1.88. The summed E-state index contributed by atoms with van der Waals surface area (Å²) in [5.74, 6) is 0.491. The summed E-state index contributed by atoms with van der Waals surface area (Å²) in [6.07, 6.45) is 1.94. The Hall–Kier alpha value is -3.66. The third kappa shape index (κ3) is 3.66. The van der Waals surface area contributed by atoms with Crippen LogP contribution in [0, 0.1) is 0 Å². The van der Waals surface area contributed by atoms with Gasteiger partial charge < -0.3 is 4.42 Å². The van der Waals surface area contributed by atoms with Crippen molar-refractivity contribution in [2.24, 2.45) is 4.99 Å². The van der Waals surface area contributed by atoms with Crippen molar-refractivity contribution in [3.63, 3.8) is 0 Å². The van der Waals surface area contributed by atoms with E-state index in [1.165, 1.54) is 21.5 Å². The monoisotopic (exact) mass is 466 g/mol. The first kappa shape index (κ1) is 20.0. The summed E-state index contributed by atoms with van der Waals surface area (Å²) in [6.45, 7) is 0. The summed E-state index contributed by atoms with van der Waals surface area (Å²) in [5, 5.41) is 5.68. The fourth-order valence-electron chi connectivity index (χ4n) is 4.08. The Kier molecular flexibility index (Phi) is 4.87. The maximum Gasteiger partial charge on any atom is 0.227 e. The van der Waals surface area contributed by atoms with Gasteiger partial charge in [-0.3, -0.25) is 4.99 Å². The molecule has 0 aliphatic rings. The van der Waals surface area contributed by atoms with E-state index in [4.69, 9.17) is 32.6 Å². The van der Waals surface area contributed by atoms with Crippen LogP contribution in [0.4, 0.5) is 5.69 Å². The Labute approximate surface area is 199 Å². The van der Waals surface area contributed by atoms with Crippen molar-refractivity contribution in [1.29, 1.82) is 0 Å². The molecule has 0 amide bonds. The molecule has 1 aromatic heterocycles. The van der Waals surface area contributed by atoms with E-state index in [1.54, 1.807) is 12.1 Å². The lowest BCUT2D eigenvalue weighted by Gasteiger charge is -2.07. The number of aliphatic imine (C=N–C) groups is 1. The molecule has 0 bridgehead atoms. The van der Waals surface area contributed by atoms with Gasteiger partial charge in [0.1, 0.15) is 5.52 Å². The van der Waals surface area contributed by atoms with Gasteiger partial charge >= 0.3 is 0 Å². The van der Waals surface area contributed by atoms with Crippen molar-refractivity contribution in [3.05, 3.63) is 107 Å².